The Morgan fingerprint density at radius 2 is 1.74 bits per heavy atom. The first-order valence-corrected chi connectivity index (χ1v) is 6.12. The zero-order valence-electron chi connectivity index (χ0n) is 11.1. The number of amides is 1. The summed E-state index contributed by atoms with van der Waals surface area (Å²) >= 11 is 0. The summed E-state index contributed by atoms with van der Waals surface area (Å²) in [4.78, 5) is 11.8. The second-order valence-corrected chi connectivity index (χ2v) is 4.48. The lowest BCUT2D eigenvalue weighted by Gasteiger charge is -2.01. The molecule has 1 N–H and O–H groups in total. The van der Waals surface area contributed by atoms with Crippen molar-refractivity contribution in [2.45, 2.75) is 13.8 Å². The van der Waals surface area contributed by atoms with Gasteiger partial charge in [0.2, 0.25) is 0 Å². The summed E-state index contributed by atoms with van der Waals surface area (Å²) in [6.07, 6.45) is 1.64. The molecule has 0 aliphatic heterocycles. The van der Waals surface area contributed by atoms with Gasteiger partial charge >= 0.3 is 0 Å². The van der Waals surface area contributed by atoms with Crippen LogP contribution in [0.5, 0.6) is 0 Å². The van der Waals surface area contributed by atoms with E-state index in [9.17, 15) is 4.79 Å². The van der Waals surface area contributed by atoms with Crippen LogP contribution in [0.3, 0.4) is 0 Å². The molecule has 0 bridgehead atoms. The first-order valence-electron chi connectivity index (χ1n) is 6.12. The summed E-state index contributed by atoms with van der Waals surface area (Å²) in [7, 11) is 0. The van der Waals surface area contributed by atoms with Crippen LogP contribution in [0.4, 0.5) is 0 Å². The fourth-order valence-corrected chi connectivity index (χ4v) is 1.77. The Labute approximate surface area is 113 Å². The van der Waals surface area contributed by atoms with Crippen LogP contribution >= 0.6 is 0 Å². The van der Waals surface area contributed by atoms with Crippen molar-refractivity contribution < 1.29 is 4.79 Å². The molecule has 3 heteroatoms. The topological polar surface area (TPSA) is 41.5 Å². The van der Waals surface area contributed by atoms with Gasteiger partial charge in [-0.1, -0.05) is 47.5 Å². The highest BCUT2D eigenvalue weighted by Gasteiger charge is 2.02. The van der Waals surface area contributed by atoms with Gasteiger partial charge in [0.25, 0.3) is 5.91 Å². The average molecular weight is 252 g/mol. The van der Waals surface area contributed by atoms with Gasteiger partial charge in [-0.2, -0.15) is 5.10 Å². The summed E-state index contributed by atoms with van der Waals surface area (Å²) in [5.74, 6) is -0.201. The molecular weight excluding hydrogens is 236 g/mol. The monoisotopic (exact) mass is 252 g/mol. The quantitative estimate of drug-likeness (QED) is 0.662. The maximum Gasteiger partial charge on any atom is 0.271 e. The van der Waals surface area contributed by atoms with Crippen LogP contribution in [0.15, 0.2) is 53.6 Å². The highest BCUT2D eigenvalue weighted by Crippen LogP contribution is 2.04. The minimum atomic E-state index is -0.201. The van der Waals surface area contributed by atoms with Crippen molar-refractivity contribution >= 4 is 12.1 Å². The van der Waals surface area contributed by atoms with Gasteiger partial charge in [-0.25, -0.2) is 5.43 Å². The Bertz CT molecular complexity index is 618. The molecule has 0 heterocycles. The van der Waals surface area contributed by atoms with Crippen molar-refractivity contribution in [3.8, 4) is 0 Å². The Hall–Kier alpha value is -2.42. The molecule has 2 aromatic carbocycles. The highest BCUT2D eigenvalue weighted by molar-refractivity contribution is 5.95. The Kier molecular flexibility index (Phi) is 4.08. The summed E-state index contributed by atoms with van der Waals surface area (Å²) in [6, 6.07) is 15.3. The van der Waals surface area contributed by atoms with Crippen molar-refractivity contribution in [2.75, 3.05) is 0 Å². The number of aryl methyl sites for hydroxylation is 2. The molecule has 0 radical (unpaired) electrons. The van der Waals surface area contributed by atoms with Gasteiger partial charge < -0.3 is 0 Å². The fourth-order valence-electron chi connectivity index (χ4n) is 1.77. The van der Waals surface area contributed by atoms with Crippen molar-refractivity contribution in [1.82, 2.24) is 5.43 Å². The standard InChI is InChI=1S/C16H16N2O/c1-12-5-3-7-14(9-12)11-17-18-16(19)15-8-4-6-13(2)10-15/h3-11H,1-2H3,(H,18,19)/b17-11-. The van der Waals surface area contributed by atoms with E-state index < -0.39 is 0 Å². The van der Waals surface area contributed by atoms with Gasteiger partial charge in [-0.05, 0) is 31.5 Å². The molecule has 0 fully saturated rings. The molecule has 1 amide bonds. The summed E-state index contributed by atoms with van der Waals surface area (Å²) in [5, 5.41) is 3.96. The number of carbonyl (C=O) groups excluding carboxylic acids is 1. The number of hydrazone groups is 1. The predicted molar refractivity (Wildman–Crippen MR) is 77.4 cm³/mol. The van der Waals surface area contributed by atoms with E-state index in [0.717, 1.165) is 16.7 Å². The molecule has 0 saturated heterocycles. The number of nitrogens with one attached hydrogen (secondary N) is 1. The lowest BCUT2D eigenvalue weighted by atomic mass is 10.1. The van der Waals surface area contributed by atoms with Crippen LogP contribution in [0.25, 0.3) is 0 Å². The average Bonchev–Trinajstić information content (AvgIpc) is 2.38. The van der Waals surface area contributed by atoms with Crippen LogP contribution in [-0.2, 0) is 0 Å². The van der Waals surface area contributed by atoms with Crippen LogP contribution < -0.4 is 5.43 Å². The lowest BCUT2D eigenvalue weighted by molar-refractivity contribution is 0.0955. The zero-order chi connectivity index (χ0) is 13.7. The van der Waals surface area contributed by atoms with Crippen LogP contribution in [-0.4, -0.2) is 12.1 Å². The molecule has 0 aliphatic carbocycles. The Morgan fingerprint density at radius 1 is 1.05 bits per heavy atom. The minimum absolute atomic E-state index is 0.201. The van der Waals surface area contributed by atoms with Crippen molar-refractivity contribution in [1.29, 1.82) is 0 Å². The third-order valence-corrected chi connectivity index (χ3v) is 2.70. The summed E-state index contributed by atoms with van der Waals surface area (Å²) < 4.78 is 0. The Balaban J connectivity index is 2.01. The maximum absolute atomic E-state index is 11.8. The zero-order valence-corrected chi connectivity index (χ0v) is 11.1. The fraction of sp³-hybridized carbons (Fsp3) is 0.125. The first kappa shape index (κ1) is 13.0. The third kappa shape index (κ3) is 3.78. The van der Waals surface area contributed by atoms with Crippen LogP contribution in [0, 0.1) is 13.8 Å². The van der Waals surface area contributed by atoms with Gasteiger partial charge in [0.1, 0.15) is 0 Å². The number of carbonyl (C=O) groups is 1. The van der Waals surface area contributed by atoms with Gasteiger partial charge in [-0.3, -0.25) is 4.79 Å². The van der Waals surface area contributed by atoms with E-state index in [1.165, 1.54) is 0 Å². The van der Waals surface area contributed by atoms with E-state index in [0.29, 0.717) is 5.56 Å². The summed E-state index contributed by atoms with van der Waals surface area (Å²) in [5.41, 5.74) is 6.31. The molecule has 96 valence electrons. The number of benzene rings is 2. The van der Waals surface area contributed by atoms with E-state index in [2.05, 4.69) is 10.5 Å². The molecule has 0 saturated carbocycles. The molecule has 0 spiro atoms. The maximum atomic E-state index is 11.8. The second-order valence-electron chi connectivity index (χ2n) is 4.48. The van der Waals surface area contributed by atoms with Crippen LogP contribution in [0.2, 0.25) is 0 Å². The molecule has 2 rings (SSSR count). The van der Waals surface area contributed by atoms with Gasteiger partial charge in [0.05, 0.1) is 6.21 Å². The number of hydrogen-bond acceptors (Lipinski definition) is 2. The third-order valence-electron chi connectivity index (χ3n) is 2.70. The molecule has 0 atom stereocenters. The van der Waals surface area contributed by atoms with E-state index >= 15 is 0 Å². The molecule has 3 nitrogen and oxygen atoms in total. The van der Waals surface area contributed by atoms with Gasteiger partial charge in [0, 0.05) is 5.56 Å². The molecule has 0 aliphatic rings. The SMILES string of the molecule is Cc1cccc(/C=N\NC(=O)c2cccc(C)c2)c1. The number of nitrogens with zero attached hydrogens (tertiary/aromatic N) is 1. The predicted octanol–water partition coefficient (Wildman–Crippen LogP) is 3.07. The van der Waals surface area contributed by atoms with Crippen molar-refractivity contribution in [3.05, 3.63) is 70.8 Å². The molecule has 0 aromatic heterocycles. The largest absolute Gasteiger partial charge is 0.271 e. The number of rotatable bonds is 3. The second kappa shape index (κ2) is 5.96. The molecule has 19 heavy (non-hydrogen) atoms. The minimum Gasteiger partial charge on any atom is -0.267 e. The molecule has 0 unspecified atom stereocenters. The molecule has 2 aromatic rings. The first-order chi connectivity index (χ1) is 9.15. The smallest absolute Gasteiger partial charge is 0.267 e. The Morgan fingerprint density at radius 3 is 2.42 bits per heavy atom. The number of hydrogen-bond donors (Lipinski definition) is 1. The highest BCUT2D eigenvalue weighted by atomic mass is 16.2. The van der Waals surface area contributed by atoms with E-state index in [1.54, 1.807) is 12.3 Å². The normalized spacial score (nSPS) is 10.6. The lowest BCUT2D eigenvalue weighted by Crippen LogP contribution is -2.17. The van der Waals surface area contributed by atoms with E-state index in [-0.39, 0.29) is 5.91 Å². The van der Waals surface area contributed by atoms with Gasteiger partial charge in [0.15, 0.2) is 0 Å². The van der Waals surface area contributed by atoms with Gasteiger partial charge in [-0.15, -0.1) is 0 Å². The van der Waals surface area contributed by atoms with E-state index in [1.807, 2.05) is 56.3 Å². The van der Waals surface area contributed by atoms with Crippen LogP contribution in [0.1, 0.15) is 27.0 Å². The van der Waals surface area contributed by atoms with Crippen molar-refractivity contribution in [2.24, 2.45) is 5.10 Å². The molecular formula is C16H16N2O. The van der Waals surface area contributed by atoms with E-state index in [4.69, 9.17) is 0 Å². The summed E-state index contributed by atoms with van der Waals surface area (Å²) in [6.45, 7) is 3.97. The van der Waals surface area contributed by atoms with Crippen molar-refractivity contribution in [3.63, 3.8) is 0 Å².